The van der Waals surface area contributed by atoms with Gasteiger partial charge in [0.2, 0.25) is 0 Å². The van der Waals surface area contributed by atoms with Crippen LogP contribution in [0.15, 0.2) is 35.4 Å². The lowest BCUT2D eigenvalue weighted by molar-refractivity contribution is -0.274. The summed E-state index contributed by atoms with van der Waals surface area (Å²) < 4.78 is 39.7. The van der Waals surface area contributed by atoms with Gasteiger partial charge in [-0.05, 0) is 24.3 Å². The Bertz CT molecular complexity index is 652. The average Bonchev–Trinajstić information content (AvgIpc) is 2.35. The average molecular weight is 286 g/mol. The number of rotatable bonds is 3. The first-order valence-electron chi connectivity index (χ1n) is 5.31. The Hall–Kier alpha value is -2.71. The molecular weight excluding hydrogens is 277 g/mol. The fourth-order valence-electron chi connectivity index (χ4n) is 1.39. The summed E-state index contributed by atoms with van der Waals surface area (Å²) >= 11 is 0. The number of hydrogen-bond donors (Lipinski definition) is 3. The monoisotopic (exact) mass is 286 g/mol. The number of nitrogen functional groups attached to an aromatic ring is 1. The molecule has 0 atom stereocenters. The molecule has 0 bridgehead atoms. The van der Waals surface area contributed by atoms with E-state index < -0.39 is 11.9 Å². The molecule has 2 rings (SSSR count). The van der Waals surface area contributed by atoms with E-state index in [0.717, 1.165) is 18.5 Å². The van der Waals surface area contributed by atoms with Gasteiger partial charge >= 0.3 is 6.36 Å². The SMILES string of the molecule is Nc1c(Nc2ccc(OC(F)(F)F)cc2)nc[nH]c1=O. The molecule has 0 aliphatic heterocycles. The Balaban J connectivity index is 2.15. The second-order valence-electron chi connectivity index (χ2n) is 3.69. The zero-order chi connectivity index (χ0) is 14.8. The molecule has 9 heteroatoms. The summed E-state index contributed by atoms with van der Waals surface area (Å²) in [4.78, 5) is 17.3. The number of nitrogens with one attached hydrogen (secondary N) is 2. The summed E-state index contributed by atoms with van der Waals surface area (Å²) in [7, 11) is 0. The molecule has 1 aromatic carbocycles. The third-order valence-corrected chi connectivity index (χ3v) is 2.24. The molecule has 0 spiro atoms. The number of anilines is 3. The summed E-state index contributed by atoms with van der Waals surface area (Å²) in [5, 5.41) is 2.71. The molecule has 0 radical (unpaired) electrons. The van der Waals surface area contributed by atoms with Crippen LogP contribution in [0, 0.1) is 0 Å². The molecule has 0 fully saturated rings. The maximum atomic E-state index is 12.0. The molecule has 0 saturated carbocycles. The van der Waals surface area contributed by atoms with E-state index in [2.05, 4.69) is 20.0 Å². The molecule has 0 amide bonds. The highest BCUT2D eigenvalue weighted by Crippen LogP contribution is 2.25. The molecule has 1 heterocycles. The van der Waals surface area contributed by atoms with Crippen molar-refractivity contribution in [3.63, 3.8) is 0 Å². The van der Waals surface area contributed by atoms with Crippen LogP contribution >= 0.6 is 0 Å². The van der Waals surface area contributed by atoms with E-state index in [-0.39, 0.29) is 17.3 Å². The molecule has 2 aromatic rings. The molecule has 0 aliphatic carbocycles. The van der Waals surface area contributed by atoms with Crippen LogP contribution in [-0.4, -0.2) is 16.3 Å². The molecule has 0 unspecified atom stereocenters. The zero-order valence-corrected chi connectivity index (χ0v) is 9.86. The first kappa shape index (κ1) is 13.7. The van der Waals surface area contributed by atoms with Crippen LogP contribution in [0.25, 0.3) is 0 Å². The second-order valence-corrected chi connectivity index (χ2v) is 3.69. The fourth-order valence-corrected chi connectivity index (χ4v) is 1.39. The third kappa shape index (κ3) is 3.40. The summed E-state index contributed by atoms with van der Waals surface area (Å²) in [6, 6.07) is 4.92. The predicted octanol–water partition coefficient (Wildman–Crippen LogP) is 1.99. The minimum atomic E-state index is -4.74. The molecule has 1 aromatic heterocycles. The summed E-state index contributed by atoms with van der Waals surface area (Å²) in [5.74, 6) is -0.242. The van der Waals surface area contributed by atoms with Gasteiger partial charge in [-0.2, -0.15) is 0 Å². The Morgan fingerprint density at radius 3 is 2.50 bits per heavy atom. The highest BCUT2D eigenvalue weighted by molar-refractivity contribution is 5.67. The number of halogens is 3. The first-order valence-corrected chi connectivity index (χ1v) is 5.31. The van der Waals surface area contributed by atoms with Gasteiger partial charge in [-0.15, -0.1) is 13.2 Å². The number of hydrogen-bond acceptors (Lipinski definition) is 5. The maximum absolute atomic E-state index is 12.0. The van der Waals surface area contributed by atoms with Gasteiger partial charge in [-0.25, -0.2) is 4.98 Å². The molecule has 6 nitrogen and oxygen atoms in total. The molecule has 106 valence electrons. The lowest BCUT2D eigenvalue weighted by Crippen LogP contribution is -2.17. The van der Waals surface area contributed by atoms with Crippen molar-refractivity contribution in [2.45, 2.75) is 6.36 Å². The minimum absolute atomic E-state index is 0.109. The normalized spacial score (nSPS) is 11.2. The second kappa shape index (κ2) is 5.11. The number of nitrogens with two attached hydrogens (primary N) is 1. The van der Waals surface area contributed by atoms with Crippen molar-refractivity contribution in [1.82, 2.24) is 9.97 Å². The topological polar surface area (TPSA) is 93.0 Å². The number of H-pyrrole nitrogens is 1. The van der Waals surface area contributed by atoms with Crippen molar-refractivity contribution in [1.29, 1.82) is 0 Å². The van der Waals surface area contributed by atoms with Gasteiger partial charge in [0.05, 0.1) is 6.33 Å². The lowest BCUT2D eigenvalue weighted by Gasteiger charge is -2.10. The number of benzene rings is 1. The third-order valence-electron chi connectivity index (χ3n) is 2.24. The maximum Gasteiger partial charge on any atom is 0.573 e. The van der Waals surface area contributed by atoms with Gasteiger partial charge < -0.3 is 20.8 Å². The molecule has 20 heavy (non-hydrogen) atoms. The van der Waals surface area contributed by atoms with Crippen LogP contribution in [0.5, 0.6) is 5.75 Å². The largest absolute Gasteiger partial charge is 0.573 e. The van der Waals surface area contributed by atoms with Crippen molar-refractivity contribution in [2.24, 2.45) is 0 Å². The van der Waals surface area contributed by atoms with Gasteiger partial charge in [-0.1, -0.05) is 0 Å². The van der Waals surface area contributed by atoms with Gasteiger partial charge in [0, 0.05) is 5.69 Å². The Labute approximate surface area is 110 Å². The van der Waals surface area contributed by atoms with Crippen molar-refractivity contribution in [3.8, 4) is 5.75 Å². The van der Waals surface area contributed by atoms with Crippen molar-refractivity contribution in [2.75, 3.05) is 11.1 Å². The number of alkyl halides is 3. The van der Waals surface area contributed by atoms with Crippen molar-refractivity contribution >= 4 is 17.2 Å². The summed E-state index contributed by atoms with van der Waals surface area (Å²) in [6.45, 7) is 0. The number of nitrogens with zero attached hydrogens (tertiary/aromatic N) is 1. The van der Waals surface area contributed by atoms with Crippen molar-refractivity contribution < 1.29 is 17.9 Å². The van der Waals surface area contributed by atoms with E-state index >= 15 is 0 Å². The zero-order valence-electron chi connectivity index (χ0n) is 9.86. The Morgan fingerprint density at radius 1 is 1.25 bits per heavy atom. The predicted molar refractivity (Wildman–Crippen MR) is 65.7 cm³/mol. The van der Waals surface area contributed by atoms with Crippen LogP contribution < -0.4 is 21.3 Å². The Morgan fingerprint density at radius 2 is 1.90 bits per heavy atom. The Kier molecular flexibility index (Phi) is 3.51. The van der Waals surface area contributed by atoms with Crippen molar-refractivity contribution in [3.05, 3.63) is 40.9 Å². The van der Waals surface area contributed by atoms with Crippen LogP contribution in [0.1, 0.15) is 0 Å². The highest BCUT2D eigenvalue weighted by Gasteiger charge is 2.30. The molecule has 4 N–H and O–H groups in total. The number of ether oxygens (including phenoxy) is 1. The van der Waals surface area contributed by atoms with E-state index in [9.17, 15) is 18.0 Å². The quantitative estimate of drug-likeness (QED) is 0.802. The van der Waals surface area contributed by atoms with E-state index in [0.29, 0.717) is 5.69 Å². The smallest absolute Gasteiger partial charge is 0.406 e. The lowest BCUT2D eigenvalue weighted by atomic mass is 10.3. The number of aromatic nitrogens is 2. The standard InChI is InChI=1S/C11H9F3N4O2/c12-11(13,14)20-7-3-1-6(2-4-7)18-9-8(15)10(19)17-5-16-9/h1-5H,15H2,(H2,16,17,18,19). The van der Waals surface area contributed by atoms with Gasteiger partial charge in [0.1, 0.15) is 11.4 Å². The molecular formula is C11H9F3N4O2. The summed E-state index contributed by atoms with van der Waals surface area (Å²) in [5.41, 5.74) is 5.27. The minimum Gasteiger partial charge on any atom is -0.406 e. The van der Waals surface area contributed by atoms with E-state index in [1.54, 1.807) is 0 Å². The van der Waals surface area contributed by atoms with E-state index in [1.807, 2.05) is 0 Å². The van der Waals surface area contributed by atoms with Gasteiger partial charge in [0.15, 0.2) is 5.82 Å². The van der Waals surface area contributed by atoms with Gasteiger partial charge in [-0.3, -0.25) is 4.79 Å². The van der Waals surface area contributed by atoms with Crippen LogP contribution in [0.2, 0.25) is 0 Å². The summed E-state index contributed by atoms with van der Waals surface area (Å²) in [6.07, 6.45) is -3.59. The molecule has 0 saturated heterocycles. The fraction of sp³-hybridized carbons (Fsp3) is 0.0909. The van der Waals surface area contributed by atoms with E-state index in [1.165, 1.54) is 12.1 Å². The number of aromatic amines is 1. The van der Waals surface area contributed by atoms with Gasteiger partial charge in [0.25, 0.3) is 5.56 Å². The van der Waals surface area contributed by atoms with E-state index in [4.69, 9.17) is 5.73 Å². The van der Waals surface area contributed by atoms with Crippen LogP contribution in [0.4, 0.5) is 30.4 Å². The highest BCUT2D eigenvalue weighted by atomic mass is 19.4. The van der Waals surface area contributed by atoms with Crippen LogP contribution in [-0.2, 0) is 0 Å². The first-order chi connectivity index (χ1) is 9.35. The molecule has 0 aliphatic rings. The van der Waals surface area contributed by atoms with Crippen LogP contribution in [0.3, 0.4) is 0 Å².